The summed E-state index contributed by atoms with van der Waals surface area (Å²) >= 11 is 0. The van der Waals surface area contributed by atoms with Crippen LogP contribution in [0.1, 0.15) is 12.8 Å². The van der Waals surface area contributed by atoms with Crippen molar-refractivity contribution >= 4 is 11.9 Å². The van der Waals surface area contributed by atoms with Gasteiger partial charge < -0.3 is 15.6 Å². The number of rotatable bonds is 1. The number of hydrogen-bond donors (Lipinski definition) is 2. The van der Waals surface area contributed by atoms with E-state index in [1.165, 1.54) is 7.11 Å². The Morgan fingerprint density at radius 1 is 1.38 bits per heavy atom. The summed E-state index contributed by atoms with van der Waals surface area (Å²) < 4.78 is 36.2. The zero-order valence-electron chi connectivity index (χ0n) is 8.45. The molecule has 0 heterocycles. The van der Waals surface area contributed by atoms with Crippen molar-refractivity contribution in [1.82, 2.24) is 0 Å². The quantitative estimate of drug-likeness (QED) is 0.655. The van der Waals surface area contributed by atoms with E-state index in [0.717, 1.165) is 12.8 Å². The number of halogens is 3. The first-order chi connectivity index (χ1) is 7.20. The average Bonchev–Trinajstić information content (AvgIpc) is 2.14. The number of nitrogens with two attached hydrogens (primary N) is 1. The topological polar surface area (TPSA) is 89.6 Å². The summed E-state index contributed by atoms with van der Waals surface area (Å²) in [7, 11) is 1.40. The van der Waals surface area contributed by atoms with Gasteiger partial charge in [0.15, 0.2) is 0 Å². The van der Waals surface area contributed by atoms with Gasteiger partial charge >= 0.3 is 18.1 Å². The SMILES string of the molecule is COC(=O)[C@H]1CC[C@H]1N.O=C(O)C(F)(F)F. The highest BCUT2D eigenvalue weighted by atomic mass is 19.4. The average molecular weight is 243 g/mol. The molecule has 94 valence electrons. The van der Waals surface area contributed by atoms with E-state index in [2.05, 4.69) is 4.74 Å². The van der Waals surface area contributed by atoms with E-state index in [0.29, 0.717) is 0 Å². The summed E-state index contributed by atoms with van der Waals surface area (Å²) in [5.74, 6) is -2.93. The number of carboxylic acids is 1. The van der Waals surface area contributed by atoms with Crippen molar-refractivity contribution in [3.8, 4) is 0 Å². The lowest BCUT2D eigenvalue weighted by atomic mass is 9.80. The van der Waals surface area contributed by atoms with Crippen LogP contribution in [0.3, 0.4) is 0 Å². The lowest BCUT2D eigenvalue weighted by molar-refractivity contribution is -0.192. The van der Waals surface area contributed by atoms with Crippen LogP contribution in [0.25, 0.3) is 0 Å². The van der Waals surface area contributed by atoms with Crippen LogP contribution in [0.5, 0.6) is 0 Å². The van der Waals surface area contributed by atoms with Gasteiger partial charge in [-0.1, -0.05) is 0 Å². The first kappa shape index (κ1) is 14.7. The van der Waals surface area contributed by atoms with E-state index in [9.17, 15) is 18.0 Å². The molecule has 1 fully saturated rings. The maximum Gasteiger partial charge on any atom is 0.490 e. The van der Waals surface area contributed by atoms with Crippen molar-refractivity contribution in [2.24, 2.45) is 11.7 Å². The fraction of sp³-hybridized carbons (Fsp3) is 0.750. The summed E-state index contributed by atoms with van der Waals surface area (Å²) in [6, 6.07) is 0.0532. The molecule has 5 nitrogen and oxygen atoms in total. The van der Waals surface area contributed by atoms with E-state index in [-0.39, 0.29) is 17.9 Å². The number of esters is 1. The van der Waals surface area contributed by atoms with Crippen LogP contribution in [0.2, 0.25) is 0 Å². The Bertz CT molecular complexity index is 266. The molecular formula is C8H12F3NO4. The minimum Gasteiger partial charge on any atom is -0.475 e. The first-order valence-electron chi connectivity index (χ1n) is 4.33. The second kappa shape index (κ2) is 5.69. The van der Waals surface area contributed by atoms with E-state index < -0.39 is 12.1 Å². The third-order valence-corrected chi connectivity index (χ3v) is 2.07. The molecule has 1 aliphatic rings. The second-order valence-corrected chi connectivity index (χ2v) is 3.17. The minimum absolute atomic E-state index is 0.0185. The summed E-state index contributed by atoms with van der Waals surface area (Å²) in [5.41, 5.74) is 5.50. The van der Waals surface area contributed by atoms with E-state index in [1.807, 2.05) is 0 Å². The fourth-order valence-corrected chi connectivity index (χ4v) is 0.970. The Morgan fingerprint density at radius 3 is 1.88 bits per heavy atom. The number of alkyl halides is 3. The van der Waals surface area contributed by atoms with E-state index in [4.69, 9.17) is 15.6 Å². The lowest BCUT2D eigenvalue weighted by Crippen LogP contribution is -2.44. The number of ether oxygens (including phenoxy) is 1. The molecule has 0 radical (unpaired) electrons. The summed E-state index contributed by atoms with van der Waals surface area (Å²) in [5, 5.41) is 7.12. The first-order valence-corrected chi connectivity index (χ1v) is 4.33. The number of carboxylic acid groups (broad SMARTS) is 1. The maximum absolute atomic E-state index is 10.7. The Balaban J connectivity index is 0.000000293. The van der Waals surface area contributed by atoms with Crippen LogP contribution in [0.4, 0.5) is 13.2 Å². The van der Waals surface area contributed by atoms with Crippen LogP contribution in [-0.4, -0.2) is 36.4 Å². The molecule has 0 aliphatic heterocycles. The van der Waals surface area contributed by atoms with Crippen LogP contribution >= 0.6 is 0 Å². The third kappa shape index (κ3) is 4.47. The van der Waals surface area contributed by atoms with Gasteiger partial charge in [0, 0.05) is 6.04 Å². The zero-order valence-corrected chi connectivity index (χ0v) is 8.45. The monoisotopic (exact) mass is 243 g/mol. The number of carbonyl (C=O) groups excluding carboxylic acids is 1. The van der Waals surface area contributed by atoms with Crippen LogP contribution in [-0.2, 0) is 14.3 Å². The van der Waals surface area contributed by atoms with Crippen molar-refractivity contribution in [3.05, 3.63) is 0 Å². The van der Waals surface area contributed by atoms with Gasteiger partial charge in [-0.15, -0.1) is 0 Å². The molecule has 1 rings (SSSR count). The number of methoxy groups -OCH3 is 1. The molecule has 0 aromatic carbocycles. The highest BCUT2D eigenvalue weighted by Crippen LogP contribution is 2.26. The molecule has 1 saturated carbocycles. The molecule has 3 N–H and O–H groups in total. The number of carbonyl (C=O) groups is 2. The fourth-order valence-electron chi connectivity index (χ4n) is 0.970. The van der Waals surface area contributed by atoms with Crippen molar-refractivity contribution < 1.29 is 32.6 Å². The van der Waals surface area contributed by atoms with Gasteiger partial charge in [-0.25, -0.2) is 4.79 Å². The van der Waals surface area contributed by atoms with Gasteiger partial charge in [0.1, 0.15) is 0 Å². The van der Waals surface area contributed by atoms with Gasteiger partial charge in [-0.05, 0) is 12.8 Å². The predicted molar refractivity (Wildman–Crippen MR) is 46.4 cm³/mol. The Morgan fingerprint density at radius 2 is 1.81 bits per heavy atom. The van der Waals surface area contributed by atoms with Gasteiger partial charge in [0.2, 0.25) is 0 Å². The van der Waals surface area contributed by atoms with Gasteiger partial charge in [0.05, 0.1) is 13.0 Å². The molecule has 0 bridgehead atoms. The summed E-state index contributed by atoms with van der Waals surface area (Å²) in [4.78, 5) is 19.6. The molecule has 16 heavy (non-hydrogen) atoms. The van der Waals surface area contributed by atoms with Gasteiger partial charge in [-0.2, -0.15) is 13.2 Å². The highest BCUT2D eigenvalue weighted by Gasteiger charge is 2.38. The highest BCUT2D eigenvalue weighted by molar-refractivity contribution is 5.74. The van der Waals surface area contributed by atoms with Crippen molar-refractivity contribution in [2.75, 3.05) is 7.11 Å². The maximum atomic E-state index is 10.7. The molecule has 0 unspecified atom stereocenters. The normalized spacial score (nSPS) is 23.6. The minimum atomic E-state index is -5.08. The molecule has 0 aromatic heterocycles. The smallest absolute Gasteiger partial charge is 0.475 e. The summed E-state index contributed by atoms with van der Waals surface area (Å²) in [6.07, 6.45) is -3.23. The Labute approximate surface area is 89.4 Å². The molecule has 0 spiro atoms. The third-order valence-electron chi connectivity index (χ3n) is 2.07. The van der Waals surface area contributed by atoms with Crippen LogP contribution in [0.15, 0.2) is 0 Å². The molecule has 1 aliphatic carbocycles. The molecule has 2 atom stereocenters. The standard InChI is InChI=1S/C6H11NO2.C2HF3O2/c1-9-6(8)4-2-3-5(4)7;3-2(4,5)1(6)7/h4-5H,2-3,7H2,1H3;(H,6,7)/t4-,5+;/m0./s1. The van der Waals surface area contributed by atoms with Crippen molar-refractivity contribution in [1.29, 1.82) is 0 Å². The number of hydrogen-bond acceptors (Lipinski definition) is 4. The molecule has 0 aromatic rings. The van der Waals surface area contributed by atoms with Gasteiger partial charge in [-0.3, -0.25) is 4.79 Å². The Kier molecular flexibility index (Phi) is 5.22. The van der Waals surface area contributed by atoms with E-state index in [1.54, 1.807) is 0 Å². The van der Waals surface area contributed by atoms with E-state index >= 15 is 0 Å². The van der Waals surface area contributed by atoms with Crippen LogP contribution in [0, 0.1) is 5.92 Å². The predicted octanol–water partition coefficient (Wildman–Crippen LogP) is 0.530. The van der Waals surface area contributed by atoms with Crippen molar-refractivity contribution in [3.63, 3.8) is 0 Å². The summed E-state index contributed by atoms with van der Waals surface area (Å²) in [6.45, 7) is 0. The molecular weight excluding hydrogens is 231 g/mol. The number of aliphatic carboxylic acids is 1. The second-order valence-electron chi connectivity index (χ2n) is 3.17. The van der Waals surface area contributed by atoms with Gasteiger partial charge in [0.25, 0.3) is 0 Å². The molecule has 0 saturated heterocycles. The molecule has 0 amide bonds. The van der Waals surface area contributed by atoms with Crippen molar-refractivity contribution in [2.45, 2.75) is 25.1 Å². The molecule has 8 heteroatoms. The largest absolute Gasteiger partial charge is 0.490 e. The zero-order chi connectivity index (χ0) is 12.9. The van der Waals surface area contributed by atoms with Crippen LogP contribution < -0.4 is 5.73 Å². The lowest BCUT2D eigenvalue weighted by Gasteiger charge is -2.30. The Hall–Kier alpha value is -1.31.